The molecular formula is C15H15ClN2O2. The number of nitrogens with two attached hydrogens (primary N) is 1. The summed E-state index contributed by atoms with van der Waals surface area (Å²) < 4.78 is 11.0. The summed E-state index contributed by atoms with van der Waals surface area (Å²) in [6, 6.07) is 11.4. The molecule has 0 radical (unpaired) electrons. The van der Waals surface area contributed by atoms with E-state index in [2.05, 4.69) is 5.32 Å². The molecule has 1 aliphatic heterocycles. The lowest BCUT2D eigenvalue weighted by Crippen LogP contribution is -2.16. The van der Waals surface area contributed by atoms with E-state index in [0.29, 0.717) is 31.2 Å². The van der Waals surface area contributed by atoms with Gasteiger partial charge in [0, 0.05) is 23.7 Å². The summed E-state index contributed by atoms with van der Waals surface area (Å²) in [5, 5.41) is 4.01. The van der Waals surface area contributed by atoms with Crippen molar-refractivity contribution in [2.24, 2.45) is 0 Å². The Labute approximate surface area is 122 Å². The second-order valence-electron chi connectivity index (χ2n) is 4.57. The molecule has 0 aromatic heterocycles. The number of nitrogen functional groups attached to an aromatic ring is 1. The molecule has 1 aliphatic rings. The third kappa shape index (κ3) is 2.75. The Morgan fingerprint density at radius 3 is 2.60 bits per heavy atom. The molecule has 0 saturated carbocycles. The molecule has 1 heterocycles. The first-order chi connectivity index (χ1) is 9.72. The number of hydrogen-bond acceptors (Lipinski definition) is 4. The Bertz CT molecular complexity index is 631. The quantitative estimate of drug-likeness (QED) is 0.852. The van der Waals surface area contributed by atoms with Crippen LogP contribution in [0.1, 0.15) is 5.56 Å². The van der Waals surface area contributed by atoms with Crippen LogP contribution < -0.4 is 20.5 Å². The Balaban J connectivity index is 1.77. The van der Waals surface area contributed by atoms with Gasteiger partial charge in [0.2, 0.25) is 0 Å². The first kappa shape index (κ1) is 12.9. The van der Waals surface area contributed by atoms with Crippen LogP contribution in [0.25, 0.3) is 0 Å². The third-order valence-electron chi connectivity index (χ3n) is 3.09. The first-order valence-corrected chi connectivity index (χ1v) is 6.77. The van der Waals surface area contributed by atoms with E-state index in [0.717, 1.165) is 22.0 Å². The monoisotopic (exact) mass is 290 g/mol. The maximum absolute atomic E-state index is 6.01. The van der Waals surface area contributed by atoms with Gasteiger partial charge in [0.1, 0.15) is 13.2 Å². The maximum Gasteiger partial charge on any atom is 0.163 e. The highest BCUT2D eigenvalue weighted by Crippen LogP contribution is 2.37. The number of anilines is 2. The van der Waals surface area contributed by atoms with Crippen LogP contribution in [0, 0.1) is 0 Å². The molecule has 2 aromatic rings. The average Bonchev–Trinajstić information content (AvgIpc) is 2.45. The van der Waals surface area contributed by atoms with Crippen molar-refractivity contribution in [2.45, 2.75) is 6.54 Å². The fourth-order valence-corrected chi connectivity index (χ4v) is 2.31. The van der Waals surface area contributed by atoms with E-state index in [-0.39, 0.29) is 0 Å². The van der Waals surface area contributed by atoms with Gasteiger partial charge in [-0.2, -0.15) is 0 Å². The highest BCUT2D eigenvalue weighted by molar-refractivity contribution is 6.30. The number of ether oxygens (including phenoxy) is 2. The van der Waals surface area contributed by atoms with Gasteiger partial charge in [-0.15, -0.1) is 0 Å². The molecular weight excluding hydrogens is 276 g/mol. The highest BCUT2D eigenvalue weighted by atomic mass is 35.5. The predicted octanol–water partition coefficient (Wildman–Crippen LogP) is 3.31. The zero-order valence-corrected chi connectivity index (χ0v) is 11.6. The van der Waals surface area contributed by atoms with E-state index >= 15 is 0 Å². The topological polar surface area (TPSA) is 56.5 Å². The molecule has 3 N–H and O–H groups in total. The van der Waals surface area contributed by atoms with E-state index in [1.807, 2.05) is 30.3 Å². The van der Waals surface area contributed by atoms with Crippen LogP contribution in [0.3, 0.4) is 0 Å². The summed E-state index contributed by atoms with van der Waals surface area (Å²) in [6.07, 6.45) is 0. The van der Waals surface area contributed by atoms with Crippen molar-refractivity contribution in [2.75, 3.05) is 24.3 Å². The first-order valence-electron chi connectivity index (χ1n) is 6.40. The van der Waals surface area contributed by atoms with Gasteiger partial charge in [-0.25, -0.2) is 0 Å². The second-order valence-corrected chi connectivity index (χ2v) is 5.00. The van der Waals surface area contributed by atoms with Crippen LogP contribution >= 0.6 is 11.6 Å². The maximum atomic E-state index is 6.01. The molecule has 0 aliphatic carbocycles. The molecule has 0 spiro atoms. The van der Waals surface area contributed by atoms with Crippen LogP contribution in [0.5, 0.6) is 11.5 Å². The summed E-state index contributed by atoms with van der Waals surface area (Å²) in [4.78, 5) is 0. The molecule has 0 saturated heterocycles. The van der Waals surface area contributed by atoms with Gasteiger partial charge >= 0.3 is 0 Å². The van der Waals surface area contributed by atoms with Crippen molar-refractivity contribution >= 4 is 23.0 Å². The van der Waals surface area contributed by atoms with Crippen molar-refractivity contribution in [3.8, 4) is 11.5 Å². The van der Waals surface area contributed by atoms with Crippen molar-refractivity contribution in [3.05, 3.63) is 47.0 Å². The minimum Gasteiger partial charge on any atom is -0.486 e. The molecule has 0 unspecified atom stereocenters. The average molecular weight is 291 g/mol. The fraction of sp³-hybridized carbons (Fsp3) is 0.200. The number of fused-ring (bicyclic) bond motifs is 1. The van der Waals surface area contributed by atoms with E-state index in [4.69, 9.17) is 26.8 Å². The number of benzene rings is 2. The lowest BCUT2D eigenvalue weighted by molar-refractivity contribution is 0.172. The van der Waals surface area contributed by atoms with Gasteiger partial charge in [0.25, 0.3) is 0 Å². The molecule has 104 valence electrons. The minimum absolute atomic E-state index is 0.557. The van der Waals surface area contributed by atoms with Crippen LogP contribution in [0.2, 0.25) is 5.02 Å². The van der Waals surface area contributed by atoms with Gasteiger partial charge in [0.15, 0.2) is 11.5 Å². The molecule has 3 rings (SSSR count). The summed E-state index contributed by atoms with van der Waals surface area (Å²) in [5.74, 6) is 1.42. The normalized spacial score (nSPS) is 13.1. The van der Waals surface area contributed by atoms with Crippen molar-refractivity contribution < 1.29 is 9.47 Å². The van der Waals surface area contributed by atoms with Gasteiger partial charge in [-0.1, -0.05) is 23.7 Å². The number of halogens is 1. The Kier molecular flexibility index (Phi) is 3.56. The second kappa shape index (κ2) is 5.51. The third-order valence-corrected chi connectivity index (χ3v) is 3.32. The SMILES string of the molecule is Nc1cc2c(cc1NCc1cccc(Cl)c1)OCCO2. The fourth-order valence-electron chi connectivity index (χ4n) is 2.10. The number of rotatable bonds is 3. The molecule has 2 aromatic carbocycles. The van der Waals surface area contributed by atoms with E-state index in [1.54, 1.807) is 6.07 Å². The zero-order valence-electron chi connectivity index (χ0n) is 10.9. The molecule has 4 nitrogen and oxygen atoms in total. The molecule has 0 amide bonds. The van der Waals surface area contributed by atoms with Gasteiger partial charge < -0.3 is 20.5 Å². The van der Waals surface area contributed by atoms with Gasteiger partial charge in [-0.05, 0) is 17.7 Å². The van der Waals surface area contributed by atoms with Crippen LogP contribution in [-0.2, 0) is 6.54 Å². The predicted molar refractivity (Wildman–Crippen MR) is 80.6 cm³/mol. The molecule has 0 atom stereocenters. The molecule has 20 heavy (non-hydrogen) atoms. The number of nitrogens with one attached hydrogen (secondary N) is 1. The van der Waals surface area contributed by atoms with Crippen molar-refractivity contribution in [3.63, 3.8) is 0 Å². The highest BCUT2D eigenvalue weighted by Gasteiger charge is 2.14. The lowest BCUT2D eigenvalue weighted by atomic mass is 10.2. The number of hydrogen-bond donors (Lipinski definition) is 2. The summed E-state index contributed by atoms with van der Waals surface area (Å²) in [7, 11) is 0. The van der Waals surface area contributed by atoms with Crippen LogP contribution in [0.4, 0.5) is 11.4 Å². The Morgan fingerprint density at radius 1 is 1.10 bits per heavy atom. The van der Waals surface area contributed by atoms with Crippen molar-refractivity contribution in [1.29, 1.82) is 0 Å². The molecule has 0 fully saturated rings. The Hall–Kier alpha value is -2.07. The van der Waals surface area contributed by atoms with Gasteiger partial charge in [-0.3, -0.25) is 0 Å². The lowest BCUT2D eigenvalue weighted by Gasteiger charge is -2.20. The summed E-state index contributed by atoms with van der Waals surface area (Å²) >= 11 is 5.96. The van der Waals surface area contributed by atoms with Crippen molar-refractivity contribution in [1.82, 2.24) is 0 Å². The largest absolute Gasteiger partial charge is 0.486 e. The smallest absolute Gasteiger partial charge is 0.163 e. The minimum atomic E-state index is 0.557. The van der Waals surface area contributed by atoms with Crippen LogP contribution in [0.15, 0.2) is 36.4 Å². The van der Waals surface area contributed by atoms with Gasteiger partial charge in [0.05, 0.1) is 11.4 Å². The molecule has 0 bridgehead atoms. The molecule has 5 heteroatoms. The summed E-state index contributed by atoms with van der Waals surface area (Å²) in [5.41, 5.74) is 8.57. The van der Waals surface area contributed by atoms with Crippen LogP contribution in [-0.4, -0.2) is 13.2 Å². The van der Waals surface area contributed by atoms with E-state index < -0.39 is 0 Å². The van der Waals surface area contributed by atoms with E-state index in [9.17, 15) is 0 Å². The summed E-state index contributed by atoms with van der Waals surface area (Å²) in [6.45, 7) is 1.76. The zero-order chi connectivity index (χ0) is 13.9. The van der Waals surface area contributed by atoms with E-state index in [1.165, 1.54) is 0 Å². The standard InChI is InChI=1S/C15H15ClN2O2/c16-11-3-1-2-10(6-11)9-18-13-8-15-14(7-12(13)17)19-4-5-20-15/h1-3,6-8,18H,4-5,9,17H2. The Morgan fingerprint density at radius 2 is 1.85 bits per heavy atom.